The summed E-state index contributed by atoms with van der Waals surface area (Å²) >= 11 is 0. The first-order chi connectivity index (χ1) is 15.7. The van der Waals surface area contributed by atoms with Crippen LogP contribution in [0, 0.1) is 17.1 Å². The number of sulfone groups is 1. The lowest BCUT2D eigenvalue weighted by Crippen LogP contribution is -2.12. The number of nitriles is 1. The molecule has 3 aromatic carbocycles. The average Bonchev–Trinajstić information content (AvgIpc) is 3.24. The first-order valence-electron chi connectivity index (χ1n) is 9.72. The molecule has 164 valence electrons. The van der Waals surface area contributed by atoms with Crippen molar-refractivity contribution in [3.05, 3.63) is 95.9 Å². The first-order valence-corrected chi connectivity index (χ1v) is 11.6. The van der Waals surface area contributed by atoms with Crippen LogP contribution in [-0.4, -0.2) is 30.4 Å². The van der Waals surface area contributed by atoms with Crippen LogP contribution >= 0.6 is 0 Å². The lowest BCUT2D eigenvalue weighted by molar-refractivity contribution is 0.102. The third-order valence-electron chi connectivity index (χ3n) is 4.86. The number of benzene rings is 3. The highest BCUT2D eigenvalue weighted by Gasteiger charge is 2.20. The van der Waals surface area contributed by atoms with Crippen molar-refractivity contribution in [3.63, 3.8) is 0 Å². The van der Waals surface area contributed by atoms with E-state index in [1.165, 1.54) is 41.2 Å². The quantitative estimate of drug-likeness (QED) is 0.480. The Morgan fingerprint density at radius 1 is 1.06 bits per heavy atom. The summed E-state index contributed by atoms with van der Waals surface area (Å²) in [5, 5.41) is 16.2. The lowest BCUT2D eigenvalue weighted by atomic mass is 10.1. The molecule has 0 atom stereocenters. The van der Waals surface area contributed by atoms with Gasteiger partial charge in [0.1, 0.15) is 11.5 Å². The Morgan fingerprint density at radius 2 is 1.76 bits per heavy atom. The second kappa shape index (κ2) is 8.68. The van der Waals surface area contributed by atoms with Crippen molar-refractivity contribution in [2.24, 2.45) is 0 Å². The van der Waals surface area contributed by atoms with Crippen LogP contribution in [-0.2, 0) is 9.84 Å². The Kier molecular flexibility index (Phi) is 5.77. The zero-order valence-corrected chi connectivity index (χ0v) is 18.2. The molecule has 33 heavy (non-hydrogen) atoms. The number of aromatic nitrogens is 2. The molecule has 4 aromatic rings. The van der Waals surface area contributed by atoms with Gasteiger partial charge in [-0.05, 0) is 54.6 Å². The van der Waals surface area contributed by atoms with Crippen LogP contribution in [0.4, 0.5) is 10.1 Å². The molecule has 1 heterocycles. The van der Waals surface area contributed by atoms with E-state index < -0.39 is 21.6 Å². The Balaban J connectivity index is 1.78. The molecule has 0 fully saturated rings. The summed E-state index contributed by atoms with van der Waals surface area (Å²) in [6.45, 7) is 0. The molecule has 7 nitrogen and oxygen atoms in total. The fraction of sp³-hybridized carbons (Fsp3) is 0.0417. The van der Waals surface area contributed by atoms with Gasteiger partial charge in [0.25, 0.3) is 5.91 Å². The number of nitrogens with zero attached hydrogens (tertiary/aromatic N) is 3. The fourth-order valence-corrected chi connectivity index (χ4v) is 3.83. The van der Waals surface area contributed by atoms with Crippen LogP contribution in [0.3, 0.4) is 0 Å². The third-order valence-corrected chi connectivity index (χ3v) is 5.99. The van der Waals surface area contributed by atoms with Crippen molar-refractivity contribution in [2.75, 3.05) is 11.6 Å². The van der Waals surface area contributed by atoms with E-state index in [9.17, 15) is 17.6 Å². The highest BCUT2D eigenvalue weighted by atomic mass is 32.2. The number of hydrogen-bond acceptors (Lipinski definition) is 5. The maximum Gasteiger partial charge on any atom is 0.259 e. The number of nitrogens with one attached hydrogen (secondary N) is 1. The van der Waals surface area contributed by atoms with Gasteiger partial charge in [0.2, 0.25) is 0 Å². The van der Waals surface area contributed by atoms with E-state index in [4.69, 9.17) is 5.26 Å². The highest BCUT2D eigenvalue weighted by Crippen LogP contribution is 2.26. The minimum absolute atomic E-state index is 0.142. The van der Waals surface area contributed by atoms with E-state index in [1.54, 1.807) is 42.5 Å². The van der Waals surface area contributed by atoms with Gasteiger partial charge in [-0.3, -0.25) is 4.79 Å². The summed E-state index contributed by atoms with van der Waals surface area (Å²) in [6.07, 6.45) is 2.63. The van der Waals surface area contributed by atoms with E-state index in [-0.39, 0.29) is 16.1 Å². The molecule has 0 aliphatic heterocycles. The van der Waals surface area contributed by atoms with Gasteiger partial charge >= 0.3 is 0 Å². The van der Waals surface area contributed by atoms with Gasteiger partial charge in [-0.1, -0.05) is 18.2 Å². The summed E-state index contributed by atoms with van der Waals surface area (Å²) in [5.41, 5.74) is 2.42. The fourth-order valence-electron chi connectivity index (χ4n) is 3.20. The molecule has 0 saturated heterocycles. The number of anilines is 1. The smallest absolute Gasteiger partial charge is 0.259 e. The van der Waals surface area contributed by atoms with Gasteiger partial charge < -0.3 is 5.32 Å². The van der Waals surface area contributed by atoms with Crippen LogP contribution in [0.15, 0.2) is 83.9 Å². The van der Waals surface area contributed by atoms with Crippen molar-refractivity contribution in [2.45, 2.75) is 4.90 Å². The van der Waals surface area contributed by atoms with Crippen molar-refractivity contribution in [1.29, 1.82) is 5.26 Å². The van der Waals surface area contributed by atoms with Crippen molar-refractivity contribution < 1.29 is 17.6 Å². The minimum Gasteiger partial charge on any atom is -0.322 e. The second-order valence-corrected chi connectivity index (χ2v) is 9.27. The summed E-state index contributed by atoms with van der Waals surface area (Å²) in [7, 11) is -3.38. The summed E-state index contributed by atoms with van der Waals surface area (Å²) in [6, 6.07) is 20.2. The van der Waals surface area contributed by atoms with E-state index >= 15 is 0 Å². The molecular formula is C24H17FN4O3S. The number of carbonyl (C=O) groups excluding carboxylic acids is 1. The zero-order chi connectivity index (χ0) is 23.6. The van der Waals surface area contributed by atoms with Gasteiger partial charge in [-0.2, -0.15) is 10.4 Å². The molecule has 0 spiro atoms. The summed E-state index contributed by atoms with van der Waals surface area (Å²) in [4.78, 5) is 13.2. The van der Waals surface area contributed by atoms with Crippen LogP contribution in [0.1, 0.15) is 15.9 Å². The summed E-state index contributed by atoms with van der Waals surface area (Å²) in [5.74, 6) is -1.000. The average molecular weight is 460 g/mol. The molecule has 0 radical (unpaired) electrons. The molecule has 0 aliphatic rings. The maximum atomic E-state index is 13.5. The molecule has 0 saturated carbocycles. The molecular weight excluding hydrogens is 443 g/mol. The van der Waals surface area contributed by atoms with Crippen molar-refractivity contribution >= 4 is 21.4 Å². The maximum absolute atomic E-state index is 13.5. The van der Waals surface area contributed by atoms with E-state index in [0.717, 1.165) is 6.26 Å². The second-order valence-electron chi connectivity index (χ2n) is 7.26. The van der Waals surface area contributed by atoms with Crippen LogP contribution in [0.2, 0.25) is 0 Å². The Bertz CT molecular complexity index is 1490. The molecule has 9 heteroatoms. The monoisotopic (exact) mass is 460 g/mol. The van der Waals surface area contributed by atoms with Crippen molar-refractivity contribution in [3.8, 4) is 23.0 Å². The van der Waals surface area contributed by atoms with Crippen molar-refractivity contribution in [1.82, 2.24) is 9.78 Å². The number of carbonyl (C=O) groups is 1. The zero-order valence-electron chi connectivity index (χ0n) is 17.4. The summed E-state index contributed by atoms with van der Waals surface area (Å²) < 4.78 is 38.6. The largest absolute Gasteiger partial charge is 0.322 e. The first kappa shape index (κ1) is 21.9. The molecule has 1 N–H and O–H groups in total. The molecule has 0 unspecified atom stereocenters. The van der Waals surface area contributed by atoms with Gasteiger partial charge in [0.05, 0.1) is 27.8 Å². The molecule has 0 aliphatic carbocycles. The molecule has 1 amide bonds. The predicted molar refractivity (Wildman–Crippen MR) is 121 cm³/mol. The van der Waals surface area contributed by atoms with E-state index in [0.29, 0.717) is 22.5 Å². The van der Waals surface area contributed by atoms with Gasteiger partial charge in [-0.15, -0.1) is 0 Å². The highest BCUT2D eigenvalue weighted by molar-refractivity contribution is 7.90. The standard InChI is InChI=1S/C24H17FN4O3S/c1-33(31,32)21-11-7-17(8-12-21)23-22(24(30)27-19-4-2-3-18(25)13-19)15-29(28-23)20-9-5-16(14-26)6-10-20/h2-13,15H,1H3,(H,27,30). The van der Waals surface area contributed by atoms with Crippen LogP contribution < -0.4 is 5.32 Å². The van der Waals surface area contributed by atoms with Gasteiger partial charge in [0, 0.05) is 23.7 Å². The third kappa shape index (κ3) is 4.81. The van der Waals surface area contributed by atoms with Gasteiger partial charge in [0.15, 0.2) is 9.84 Å². The predicted octanol–water partition coefficient (Wildman–Crippen LogP) is 4.21. The minimum atomic E-state index is -3.38. The molecule has 0 bridgehead atoms. The lowest BCUT2D eigenvalue weighted by Gasteiger charge is -2.06. The Labute approximate surface area is 189 Å². The van der Waals surface area contributed by atoms with Gasteiger partial charge in [-0.25, -0.2) is 17.5 Å². The molecule has 4 rings (SSSR count). The Morgan fingerprint density at radius 3 is 2.36 bits per heavy atom. The Hall–Kier alpha value is -4.29. The topological polar surface area (TPSA) is 105 Å². The number of amides is 1. The van der Waals surface area contributed by atoms with E-state index in [1.807, 2.05) is 6.07 Å². The number of hydrogen-bond donors (Lipinski definition) is 1. The number of halogens is 1. The normalized spacial score (nSPS) is 11.1. The van der Waals surface area contributed by atoms with Crippen LogP contribution in [0.5, 0.6) is 0 Å². The van der Waals surface area contributed by atoms with E-state index in [2.05, 4.69) is 10.4 Å². The SMILES string of the molecule is CS(=O)(=O)c1ccc(-c2nn(-c3ccc(C#N)cc3)cc2C(=O)Nc2cccc(F)c2)cc1. The number of rotatable bonds is 5. The molecule has 1 aromatic heterocycles. The van der Waals surface area contributed by atoms with Crippen LogP contribution in [0.25, 0.3) is 16.9 Å².